The highest BCUT2D eigenvalue weighted by molar-refractivity contribution is 8.26. The van der Waals surface area contributed by atoms with Crippen molar-refractivity contribution in [2.75, 3.05) is 19.6 Å². The zero-order chi connectivity index (χ0) is 21.0. The van der Waals surface area contributed by atoms with Crippen molar-refractivity contribution in [3.63, 3.8) is 0 Å². The van der Waals surface area contributed by atoms with Gasteiger partial charge >= 0.3 is 5.97 Å². The molecule has 2 saturated heterocycles. The van der Waals surface area contributed by atoms with Crippen molar-refractivity contribution in [2.24, 2.45) is 5.92 Å². The molecule has 2 heterocycles. The van der Waals surface area contributed by atoms with Crippen LogP contribution in [0.25, 0.3) is 6.08 Å². The number of benzene rings is 1. The van der Waals surface area contributed by atoms with Crippen LogP contribution in [0.1, 0.15) is 31.2 Å². The topological polar surface area (TPSA) is 77.9 Å². The number of carbonyl (C=O) groups excluding carboxylic acids is 2. The van der Waals surface area contributed by atoms with E-state index in [1.165, 1.54) is 28.8 Å². The molecule has 0 aliphatic carbocycles. The fraction of sp³-hybridized carbons (Fsp3) is 0.400. The third-order valence-corrected chi connectivity index (χ3v) is 6.39. The minimum absolute atomic E-state index is 0.0267. The number of carboxylic acid groups (broad SMARTS) is 1. The third kappa shape index (κ3) is 5.42. The Labute approximate surface area is 177 Å². The molecule has 0 spiro atoms. The Hall–Kier alpha value is -2.26. The standard InChI is InChI=1S/C20H21FN2O4S2/c21-15-5-3-13(4-6-15)12-16-18(25)23(20(28)29-16)9-1-2-17(24)22-10-7-14(8-11-22)19(26)27/h3-6,12,14H,1-2,7-11H2,(H,26,27)/b16-12-. The van der Waals surface area contributed by atoms with Gasteiger partial charge in [-0.3, -0.25) is 19.3 Å². The van der Waals surface area contributed by atoms with Gasteiger partial charge in [-0.25, -0.2) is 4.39 Å². The highest BCUT2D eigenvalue weighted by atomic mass is 32.2. The number of carboxylic acids is 1. The van der Waals surface area contributed by atoms with Gasteiger partial charge in [-0.15, -0.1) is 0 Å². The maximum absolute atomic E-state index is 13.0. The molecular weight excluding hydrogens is 415 g/mol. The van der Waals surface area contributed by atoms with Gasteiger partial charge in [-0.05, 0) is 43.0 Å². The molecule has 6 nitrogen and oxygen atoms in total. The van der Waals surface area contributed by atoms with Gasteiger partial charge in [0.05, 0.1) is 10.8 Å². The van der Waals surface area contributed by atoms with E-state index >= 15 is 0 Å². The van der Waals surface area contributed by atoms with Crippen LogP contribution < -0.4 is 0 Å². The monoisotopic (exact) mass is 436 g/mol. The van der Waals surface area contributed by atoms with E-state index in [9.17, 15) is 18.8 Å². The predicted octanol–water partition coefficient (Wildman–Crippen LogP) is 3.13. The molecule has 2 amide bonds. The second kappa shape index (κ2) is 9.49. The number of carbonyl (C=O) groups is 3. The number of piperidine rings is 1. The molecule has 1 aromatic rings. The van der Waals surface area contributed by atoms with Crippen molar-refractivity contribution >= 4 is 52.2 Å². The molecular formula is C20H21FN2O4S2. The number of hydrogen-bond acceptors (Lipinski definition) is 5. The van der Waals surface area contributed by atoms with E-state index in [0.717, 1.165) is 0 Å². The van der Waals surface area contributed by atoms with Crippen LogP contribution in [0.5, 0.6) is 0 Å². The third-order valence-electron chi connectivity index (χ3n) is 5.01. The average Bonchev–Trinajstić information content (AvgIpc) is 2.97. The highest BCUT2D eigenvalue weighted by Crippen LogP contribution is 2.32. The Balaban J connectivity index is 1.49. The van der Waals surface area contributed by atoms with E-state index < -0.39 is 5.97 Å². The molecule has 0 radical (unpaired) electrons. The molecule has 0 aromatic heterocycles. The van der Waals surface area contributed by atoms with Gasteiger partial charge in [0.1, 0.15) is 10.1 Å². The summed E-state index contributed by atoms with van der Waals surface area (Å²) >= 11 is 6.48. The summed E-state index contributed by atoms with van der Waals surface area (Å²) in [6.45, 7) is 1.26. The van der Waals surface area contributed by atoms with Crippen molar-refractivity contribution in [3.8, 4) is 0 Å². The average molecular weight is 437 g/mol. The van der Waals surface area contributed by atoms with Gasteiger partial charge in [-0.2, -0.15) is 0 Å². The summed E-state index contributed by atoms with van der Waals surface area (Å²) < 4.78 is 13.5. The maximum Gasteiger partial charge on any atom is 0.306 e. The van der Waals surface area contributed by atoms with Crippen LogP contribution in [-0.2, 0) is 14.4 Å². The molecule has 0 saturated carbocycles. The summed E-state index contributed by atoms with van der Waals surface area (Å²) in [6, 6.07) is 5.84. The van der Waals surface area contributed by atoms with E-state index in [-0.39, 0.29) is 30.0 Å². The smallest absolute Gasteiger partial charge is 0.306 e. The number of halogens is 1. The van der Waals surface area contributed by atoms with Crippen molar-refractivity contribution in [2.45, 2.75) is 25.7 Å². The number of nitrogens with zero attached hydrogens (tertiary/aromatic N) is 2. The molecule has 2 fully saturated rings. The van der Waals surface area contributed by atoms with Gasteiger partial charge in [0, 0.05) is 26.1 Å². The largest absolute Gasteiger partial charge is 0.481 e. The number of hydrogen-bond donors (Lipinski definition) is 1. The first-order chi connectivity index (χ1) is 13.8. The van der Waals surface area contributed by atoms with Crippen LogP contribution in [0.4, 0.5) is 4.39 Å². The van der Waals surface area contributed by atoms with E-state index in [4.69, 9.17) is 17.3 Å². The summed E-state index contributed by atoms with van der Waals surface area (Å²) in [5.74, 6) is -1.76. The van der Waals surface area contributed by atoms with Crippen molar-refractivity contribution in [1.29, 1.82) is 0 Å². The Kier molecular flexibility index (Phi) is 7.02. The second-order valence-electron chi connectivity index (χ2n) is 6.98. The number of likely N-dealkylation sites (tertiary alicyclic amines) is 1. The quantitative estimate of drug-likeness (QED) is 0.545. The van der Waals surface area contributed by atoms with Gasteiger partial charge in [0.15, 0.2) is 0 Å². The van der Waals surface area contributed by atoms with Crippen LogP contribution in [-0.4, -0.2) is 56.6 Å². The molecule has 1 N–H and O–H groups in total. The number of amides is 2. The number of thiocarbonyl (C=S) groups is 1. The molecule has 154 valence electrons. The Morgan fingerprint density at radius 2 is 1.90 bits per heavy atom. The van der Waals surface area contributed by atoms with Gasteiger partial charge in [0.2, 0.25) is 5.91 Å². The summed E-state index contributed by atoms with van der Waals surface area (Å²) in [5, 5.41) is 9.03. The Morgan fingerprint density at radius 3 is 2.52 bits per heavy atom. The molecule has 0 bridgehead atoms. The van der Waals surface area contributed by atoms with E-state index in [2.05, 4.69) is 0 Å². The molecule has 0 atom stereocenters. The Morgan fingerprint density at radius 1 is 1.24 bits per heavy atom. The van der Waals surface area contributed by atoms with E-state index in [1.54, 1.807) is 23.1 Å². The molecule has 1 aromatic carbocycles. The highest BCUT2D eigenvalue weighted by Gasteiger charge is 2.32. The minimum Gasteiger partial charge on any atom is -0.481 e. The van der Waals surface area contributed by atoms with E-state index in [1.807, 2.05) is 0 Å². The predicted molar refractivity (Wildman–Crippen MR) is 112 cm³/mol. The molecule has 29 heavy (non-hydrogen) atoms. The van der Waals surface area contributed by atoms with Crippen LogP contribution in [0.2, 0.25) is 0 Å². The minimum atomic E-state index is -0.805. The van der Waals surface area contributed by atoms with Gasteiger partial charge < -0.3 is 10.0 Å². The molecule has 0 unspecified atom stereocenters. The molecule has 3 rings (SSSR count). The first-order valence-electron chi connectivity index (χ1n) is 9.36. The zero-order valence-electron chi connectivity index (χ0n) is 15.7. The van der Waals surface area contributed by atoms with Crippen molar-refractivity contribution in [1.82, 2.24) is 9.80 Å². The molecule has 9 heteroatoms. The van der Waals surface area contributed by atoms with Crippen LogP contribution in [0.3, 0.4) is 0 Å². The maximum atomic E-state index is 13.0. The lowest BCUT2D eigenvalue weighted by Gasteiger charge is -2.30. The van der Waals surface area contributed by atoms with Gasteiger partial charge in [-0.1, -0.05) is 36.1 Å². The zero-order valence-corrected chi connectivity index (χ0v) is 17.3. The summed E-state index contributed by atoms with van der Waals surface area (Å²) in [4.78, 5) is 39.6. The summed E-state index contributed by atoms with van der Waals surface area (Å²) in [7, 11) is 0. The Bertz CT molecular complexity index is 849. The van der Waals surface area contributed by atoms with Crippen molar-refractivity contribution < 1.29 is 23.9 Å². The van der Waals surface area contributed by atoms with Crippen LogP contribution >= 0.6 is 24.0 Å². The molecule has 2 aliphatic rings. The number of rotatable bonds is 6. The fourth-order valence-corrected chi connectivity index (χ4v) is 4.63. The van der Waals surface area contributed by atoms with Gasteiger partial charge in [0.25, 0.3) is 5.91 Å². The first kappa shape index (κ1) is 21.4. The molecule has 2 aliphatic heterocycles. The number of thioether (sulfide) groups is 1. The normalized spacial score (nSPS) is 19.3. The number of aliphatic carboxylic acids is 1. The summed E-state index contributed by atoms with van der Waals surface area (Å²) in [6.07, 6.45) is 3.39. The first-order valence-corrected chi connectivity index (χ1v) is 10.6. The van der Waals surface area contributed by atoms with Crippen LogP contribution in [0, 0.1) is 11.7 Å². The second-order valence-corrected chi connectivity index (χ2v) is 8.66. The lowest BCUT2D eigenvalue weighted by Crippen LogP contribution is -2.40. The lowest BCUT2D eigenvalue weighted by molar-refractivity contribution is -0.145. The van der Waals surface area contributed by atoms with E-state index in [0.29, 0.717) is 53.7 Å². The summed E-state index contributed by atoms with van der Waals surface area (Å²) in [5.41, 5.74) is 0.715. The SMILES string of the molecule is O=C(O)C1CCN(C(=O)CCCN2C(=O)/C(=C/c3ccc(F)cc3)SC2=S)CC1. The van der Waals surface area contributed by atoms with Crippen LogP contribution in [0.15, 0.2) is 29.2 Å². The lowest BCUT2D eigenvalue weighted by atomic mass is 9.97. The fourth-order valence-electron chi connectivity index (χ4n) is 3.33. The van der Waals surface area contributed by atoms with Crippen molar-refractivity contribution in [3.05, 3.63) is 40.6 Å².